The highest BCUT2D eigenvalue weighted by Gasteiger charge is 2.44. The maximum atomic E-state index is 13.6. The standard InChI is InChI=1S/C30H27BrN6O2S2/c1-30(2)14-23-26(24(38)15-30)21(13-8-18-6-4-3-5-7-18)22(16-32)27(33)37(23)28-35-36-29(41-28)40-17-25(39)34-20-11-9-19(31)10-12-20/h3-13,21H,14-15,17,33H2,1-2H3,(H,34,39)/b13-8+. The van der Waals surface area contributed by atoms with Gasteiger partial charge in [0.1, 0.15) is 5.82 Å². The van der Waals surface area contributed by atoms with Crippen molar-refractivity contribution in [3.05, 3.63) is 93.4 Å². The number of hydrogen-bond acceptors (Lipinski definition) is 9. The minimum absolute atomic E-state index is 0.00654. The molecule has 208 valence electrons. The molecule has 0 radical (unpaired) electrons. The molecule has 1 aromatic heterocycles. The number of allylic oxidation sites excluding steroid dienone is 4. The predicted octanol–water partition coefficient (Wildman–Crippen LogP) is 6.52. The van der Waals surface area contributed by atoms with E-state index in [1.807, 2.05) is 80.6 Å². The molecule has 0 saturated heterocycles. The van der Waals surface area contributed by atoms with Crippen LogP contribution in [-0.4, -0.2) is 27.6 Å². The summed E-state index contributed by atoms with van der Waals surface area (Å²) >= 11 is 5.91. The Bertz CT molecular complexity index is 1620. The number of nitriles is 1. The third-order valence-electron chi connectivity index (χ3n) is 6.75. The zero-order chi connectivity index (χ0) is 29.1. The molecule has 0 saturated carbocycles. The van der Waals surface area contributed by atoms with Crippen molar-refractivity contribution in [2.45, 2.75) is 31.0 Å². The number of carbonyl (C=O) groups excluding carboxylic acids is 2. The van der Waals surface area contributed by atoms with Crippen molar-refractivity contribution in [1.29, 1.82) is 5.26 Å². The van der Waals surface area contributed by atoms with Gasteiger partial charge in [-0.2, -0.15) is 5.26 Å². The second-order valence-electron chi connectivity index (χ2n) is 10.5. The van der Waals surface area contributed by atoms with Gasteiger partial charge >= 0.3 is 0 Å². The minimum Gasteiger partial charge on any atom is -0.384 e. The third kappa shape index (κ3) is 6.45. The summed E-state index contributed by atoms with van der Waals surface area (Å²) in [5.41, 5.74) is 9.64. The van der Waals surface area contributed by atoms with E-state index in [9.17, 15) is 14.9 Å². The molecule has 2 aliphatic rings. The molecular formula is C30H27BrN6O2S2. The number of anilines is 2. The van der Waals surface area contributed by atoms with Gasteiger partial charge in [-0.15, -0.1) is 10.2 Å². The van der Waals surface area contributed by atoms with Gasteiger partial charge < -0.3 is 11.1 Å². The number of thioether (sulfide) groups is 1. The predicted molar refractivity (Wildman–Crippen MR) is 167 cm³/mol. The number of aromatic nitrogens is 2. The first-order chi connectivity index (χ1) is 19.6. The molecule has 11 heteroatoms. The van der Waals surface area contributed by atoms with E-state index in [2.05, 4.69) is 37.5 Å². The first-order valence-corrected chi connectivity index (χ1v) is 15.5. The number of Topliss-reactive ketones (excluding diaryl/α,β-unsaturated/α-hetero) is 1. The van der Waals surface area contributed by atoms with E-state index in [4.69, 9.17) is 5.73 Å². The second kappa shape index (κ2) is 12.0. The van der Waals surface area contributed by atoms with Crippen LogP contribution in [0.5, 0.6) is 0 Å². The topological polar surface area (TPSA) is 125 Å². The monoisotopic (exact) mass is 646 g/mol. The first kappa shape index (κ1) is 28.8. The Hall–Kier alpha value is -3.72. The molecule has 5 rings (SSSR count). The number of hydrogen-bond donors (Lipinski definition) is 2. The summed E-state index contributed by atoms with van der Waals surface area (Å²) < 4.78 is 1.50. The average Bonchev–Trinajstić information content (AvgIpc) is 3.40. The zero-order valence-corrected chi connectivity index (χ0v) is 25.6. The summed E-state index contributed by atoms with van der Waals surface area (Å²) in [4.78, 5) is 27.8. The molecule has 1 atom stereocenters. The quantitative estimate of drug-likeness (QED) is 0.278. The van der Waals surface area contributed by atoms with E-state index < -0.39 is 5.92 Å². The molecule has 0 fully saturated rings. The number of halogens is 1. The van der Waals surface area contributed by atoms with E-state index in [-0.39, 0.29) is 28.7 Å². The zero-order valence-electron chi connectivity index (χ0n) is 22.4. The van der Waals surface area contributed by atoms with Crippen LogP contribution in [-0.2, 0) is 9.59 Å². The summed E-state index contributed by atoms with van der Waals surface area (Å²) in [5, 5.41) is 22.1. The molecule has 1 amide bonds. The van der Waals surface area contributed by atoms with Gasteiger partial charge in [0.15, 0.2) is 10.1 Å². The fraction of sp³-hybridized carbons (Fsp3) is 0.233. The van der Waals surface area contributed by atoms with Crippen LogP contribution in [0.1, 0.15) is 32.3 Å². The maximum absolute atomic E-state index is 13.6. The van der Waals surface area contributed by atoms with E-state index in [0.29, 0.717) is 39.1 Å². The normalized spacial score (nSPS) is 18.4. The molecule has 3 N–H and O–H groups in total. The summed E-state index contributed by atoms with van der Waals surface area (Å²) in [5.74, 6) is -0.353. The Balaban J connectivity index is 1.43. The summed E-state index contributed by atoms with van der Waals surface area (Å²) in [6, 6.07) is 19.3. The van der Waals surface area contributed by atoms with Crippen molar-refractivity contribution in [2.75, 3.05) is 16.0 Å². The molecule has 1 aliphatic heterocycles. The molecule has 3 aromatic rings. The Morgan fingerprint density at radius 1 is 1.22 bits per heavy atom. The smallest absolute Gasteiger partial charge is 0.234 e. The Morgan fingerprint density at radius 3 is 2.66 bits per heavy atom. The molecule has 41 heavy (non-hydrogen) atoms. The van der Waals surface area contributed by atoms with Gasteiger partial charge in [0.05, 0.1) is 17.4 Å². The third-order valence-corrected chi connectivity index (χ3v) is 9.32. The number of nitrogens with two attached hydrogens (primary N) is 1. The van der Waals surface area contributed by atoms with Crippen LogP contribution < -0.4 is 16.0 Å². The van der Waals surface area contributed by atoms with Crippen LogP contribution in [0.25, 0.3) is 6.08 Å². The first-order valence-electron chi connectivity index (χ1n) is 12.9. The van der Waals surface area contributed by atoms with E-state index in [1.165, 1.54) is 23.1 Å². The Kier molecular flexibility index (Phi) is 8.45. The lowest BCUT2D eigenvalue weighted by molar-refractivity contribution is -0.118. The van der Waals surface area contributed by atoms with Crippen molar-refractivity contribution in [3.8, 4) is 6.07 Å². The van der Waals surface area contributed by atoms with Crippen LogP contribution in [0.15, 0.2) is 92.1 Å². The van der Waals surface area contributed by atoms with Gasteiger partial charge in [-0.3, -0.25) is 14.5 Å². The van der Waals surface area contributed by atoms with Crippen molar-refractivity contribution >= 4 is 67.6 Å². The number of nitrogens with zero attached hydrogens (tertiary/aromatic N) is 4. The fourth-order valence-electron chi connectivity index (χ4n) is 4.94. The Morgan fingerprint density at radius 2 is 1.95 bits per heavy atom. The second-order valence-corrected chi connectivity index (χ2v) is 13.6. The van der Waals surface area contributed by atoms with E-state index in [1.54, 1.807) is 4.90 Å². The number of amides is 1. The molecule has 2 aromatic carbocycles. The molecule has 2 heterocycles. The van der Waals surface area contributed by atoms with Gasteiger partial charge in [-0.1, -0.05) is 95.4 Å². The van der Waals surface area contributed by atoms with Gasteiger partial charge in [0.2, 0.25) is 11.0 Å². The molecule has 1 aliphatic carbocycles. The van der Waals surface area contributed by atoms with Gasteiger partial charge in [0, 0.05) is 33.8 Å². The number of ketones is 1. The van der Waals surface area contributed by atoms with Crippen LogP contribution in [0.4, 0.5) is 10.8 Å². The largest absolute Gasteiger partial charge is 0.384 e. The minimum atomic E-state index is -0.556. The van der Waals surface area contributed by atoms with Crippen molar-refractivity contribution < 1.29 is 9.59 Å². The van der Waals surface area contributed by atoms with Crippen LogP contribution >= 0.6 is 39.0 Å². The van der Waals surface area contributed by atoms with Crippen molar-refractivity contribution in [3.63, 3.8) is 0 Å². The van der Waals surface area contributed by atoms with E-state index >= 15 is 0 Å². The average molecular weight is 648 g/mol. The van der Waals surface area contributed by atoms with E-state index in [0.717, 1.165) is 15.7 Å². The van der Waals surface area contributed by atoms with Crippen LogP contribution in [0.2, 0.25) is 0 Å². The number of carbonyl (C=O) groups is 2. The van der Waals surface area contributed by atoms with Gasteiger partial charge in [0.25, 0.3) is 0 Å². The molecule has 8 nitrogen and oxygen atoms in total. The van der Waals surface area contributed by atoms with Crippen molar-refractivity contribution in [2.24, 2.45) is 17.1 Å². The van der Waals surface area contributed by atoms with Gasteiger partial charge in [-0.05, 0) is 41.7 Å². The molecule has 1 unspecified atom stereocenters. The highest BCUT2D eigenvalue weighted by atomic mass is 79.9. The summed E-state index contributed by atoms with van der Waals surface area (Å²) in [6.07, 6.45) is 4.76. The SMILES string of the molecule is CC1(C)CC(=O)C2=C(C1)N(c1nnc(SCC(=O)Nc3ccc(Br)cc3)s1)C(N)=C(C#N)C2/C=C/c1ccccc1. The fourth-order valence-corrected chi connectivity index (χ4v) is 6.89. The maximum Gasteiger partial charge on any atom is 0.234 e. The van der Waals surface area contributed by atoms with Crippen LogP contribution in [0, 0.1) is 22.7 Å². The van der Waals surface area contributed by atoms with Crippen molar-refractivity contribution in [1.82, 2.24) is 10.2 Å². The van der Waals surface area contributed by atoms with Crippen LogP contribution in [0.3, 0.4) is 0 Å². The highest BCUT2D eigenvalue weighted by molar-refractivity contribution is 9.10. The molecule has 0 bridgehead atoms. The summed E-state index contributed by atoms with van der Waals surface area (Å²) in [7, 11) is 0. The summed E-state index contributed by atoms with van der Waals surface area (Å²) in [6.45, 7) is 4.10. The lowest BCUT2D eigenvalue weighted by Gasteiger charge is -2.41. The number of nitrogens with one attached hydrogen (secondary N) is 1. The molecule has 0 spiro atoms. The lowest BCUT2D eigenvalue weighted by Crippen LogP contribution is -2.42. The molecular weight excluding hydrogens is 620 g/mol. The van der Waals surface area contributed by atoms with Gasteiger partial charge in [-0.25, -0.2) is 0 Å². The number of rotatable bonds is 7. The Labute approximate surface area is 255 Å². The highest BCUT2D eigenvalue weighted by Crippen LogP contribution is 2.48. The number of benzene rings is 2. The lowest BCUT2D eigenvalue weighted by atomic mass is 9.70.